The Kier molecular flexibility index (Phi) is 7.15. The maximum atomic E-state index is 12.6. The van der Waals surface area contributed by atoms with Crippen LogP contribution in [-0.4, -0.2) is 73.3 Å². The lowest BCUT2D eigenvalue weighted by Crippen LogP contribution is -2.48. The minimum Gasteiger partial charge on any atom is -0.341 e. The number of piperidine rings is 1. The van der Waals surface area contributed by atoms with Crippen LogP contribution in [0.4, 0.5) is 0 Å². The van der Waals surface area contributed by atoms with E-state index >= 15 is 0 Å². The number of nitrogens with zero attached hydrogens (tertiary/aromatic N) is 3. The maximum absolute atomic E-state index is 12.6. The molecule has 1 aliphatic rings. The maximum Gasteiger partial charge on any atom is 0.228 e. The number of rotatable bonds is 8. The lowest BCUT2D eigenvalue weighted by molar-refractivity contribution is -0.142. The van der Waals surface area contributed by atoms with Gasteiger partial charge in [-0.3, -0.25) is 9.59 Å². The van der Waals surface area contributed by atoms with Crippen molar-refractivity contribution in [1.82, 2.24) is 14.7 Å². The van der Waals surface area contributed by atoms with Crippen LogP contribution in [0, 0.1) is 5.92 Å². The number of carbonyl (C=O) groups is 2. The Morgan fingerprint density at radius 3 is 2.48 bits per heavy atom. The summed E-state index contributed by atoms with van der Waals surface area (Å²) in [5.74, 6) is 0.141. The van der Waals surface area contributed by atoms with Gasteiger partial charge in [0.15, 0.2) is 0 Å². The number of likely N-dealkylation sites (N-methyl/N-ethyl adjacent to an activating group) is 1. The summed E-state index contributed by atoms with van der Waals surface area (Å²) in [5, 5.41) is 0. The average molecular weight is 293 g/mol. The number of carbonyl (C=O) groups excluding carboxylic acids is 2. The predicted molar refractivity (Wildman–Crippen MR) is 84.8 cm³/mol. The van der Waals surface area contributed by atoms with Gasteiger partial charge < -0.3 is 14.7 Å². The fourth-order valence-corrected chi connectivity index (χ4v) is 2.48. The zero-order valence-corrected chi connectivity index (χ0v) is 13.3. The molecule has 0 spiro atoms. The predicted octanol–water partition coefficient (Wildman–Crippen LogP) is 0.987. The van der Waals surface area contributed by atoms with E-state index in [1.807, 2.05) is 23.9 Å². The Labute approximate surface area is 127 Å². The molecule has 118 valence electrons. The summed E-state index contributed by atoms with van der Waals surface area (Å²) in [4.78, 5) is 30.1. The first-order chi connectivity index (χ1) is 9.99. The van der Waals surface area contributed by atoms with E-state index in [1.165, 1.54) is 0 Å². The molecule has 1 atom stereocenters. The third kappa shape index (κ3) is 5.34. The van der Waals surface area contributed by atoms with Gasteiger partial charge in [-0.25, -0.2) is 0 Å². The normalized spacial score (nSPS) is 18.7. The Bertz CT molecular complexity index is 383. The summed E-state index contributed by atoms with van der Waals surface area (Å²) in [7, 11) is 3.96. The van der Waals surface area contributed by atoms with Gasteiger partial charge in [0, 0.05) is 39.1 Å². The highest BCUT2D eigenvalue weighted by Crippen LogP contribution is 2.20. The second-order valence-electron chi connectivity index (χ2n) is 5.70. The molecule has 1 rings (SSSR count). The van der Waals surface area contributed by atoms with Crippen molar-refractivity contribution in [2.45, 2.75) is 12.8 Å². The van der Waals surface area contributed by atoms with E-state index in [4.69, 9.17) is 0 Å². The van der Waals surface area contributed by atoms with Crippen LogP contribution in [0.25, 0.3) is 0 Å². The fourth-order valence-electron chi connectivity index (χ4n) is 2.48. The molecule has 1 saturated heterocycles. The first-order valence-electron chi connectivity index (χ1n) is 7.42. The lowest BCUT2D eigenvalue weighted by atomic mass is 9.96. The zero-order chi connectivity index (χ0) is 15.8. The third-order valence-electron chi connectivity index (χ3n) is 3.68. The van der Waals surface area contributed by atoms with Gasteiger partial charge in [0.1, 0.15) is 0 Å². The molecule has 0 aromatic rings. The van der Waals surface area contributed by atoms with Crippen molar-refractivity contribution in [3.05, 3.63) is 25.3 Å². The third-order valence-corrected chi connectivity index (χ3v) is 3.68. The second kappa shape index (κ2) is 8.62. The Morgan fingerprint density at radius 1 is 1.33 bits per heavy atom. The second-order valence-corrected chi connectivity index (χ2v) is 5.70. The minimum absolute atomic E-state index is 0.0946. The van der Waals surface area contributed by atoms with Gasteiger partial charge in [-0.2, -0.15) is 0 Å². The van der Waals surface area contributed by atoms with Gasteiger partial charge in [0.25, 0.3) is 0 Å². The SMILES string of the molecule is C=CCN(CC=C)C(=O)C1CCC(=O)N(CCN(C)C)C1. The Morgan fingerprint density at radius 2 is 1.95 bits per heavy atom. The Hall–Kier alpha value is -1.62. The van der Waals surface area contributed by atoms with Crippen LogP contribution in [0.2, 0.25) is 0 Å². The van der Waals surface area contributed by atoms with Crippen molar-refractivity contribution in [3.8, 4) is 0 Å². The molecule has 2 amide bonds. The number of amides is 2. The molecule has 0 bridgehead atoms. The summed E-state index contributed by atoms with van der Waals surface area (Å²) in [5.41, 5.74) is 0. The zero-order valence-electron chi connectivity index (χ0n) is 13.3. The highest BCUT2D eigenvalue weighted by molar-refractivity contribution is 5.84. The van der Waals surface area contributed by atoms with E-state index in [-0.39, 0.29) is 17.7 Å². The van der Waals surface area contributed by atoms with Crippen LogP contribution in [0.3, 0.4) is 0 Å². The first-order valence-corrected chi connectivity index (χ1v) is 7.42. The summed E-state index contributed by atoms with van der Waals surface area (Å²) in [6, 6.07) is 0. The Balaban J connectivity index is 2.65. The molecule has 1 heterocycles. The quantitative estimate of drug-likeness (QED) is 0.627. The monoisotopic (exact) mass is 293 g/mol. The number of likely N-dealkylation sites (tertiary alicyclic amines) is 1. The number of hydrogen-bond acceptors (Lipinski definition) is 3. The van der Waals surface area contributed by atoms with Crippen molar-refractivity contribution in [2.75, 3.05) is 46.8 Å². The van der Waals surface area contributed by atoms with Crippen LogP contribution < -0.4 is 0 Å². The van der Waals surface area contributed by atoms with Crippen LogP contribution in [0.5, 0.6) is 0 Å². The van der Waals surface area contributed by atoms with Gasteiger partial charge in [-0.05, 0) is 20.5 Å². The van der Waals surface area contributed by atoms with Crippen LogP contribution in [0.1, 0.15) is 12.8 Å². The average Bonchev–Trinajstić information content (AvgIpc) is 2.45. The van der Waals surface area contributed by atoms with Gasteiger partial charge in [-0.15, -0.1) is 13.2 Å². The van der Waals surface area contributed by atoms with Crippen LogP contribution in [-0.2, 0) is 9.59 Å². The van der Waals surface area contributed by atoms with Crippen molar-refractivity contribution in [2.24, 2.45) is 5.92 Å². The van der Waals surface area contributed by atoms with Crippen molar-refractivity contribution in [1.29, 1.82) is 0 Å². The molecule has 1 fully saturated rings. The summed E-state index contributed by atoms with van der Waals surface area (Å²) in [6.07, 6.45) is 4.54. The largest absolute Gasteiger partial charge is 0.341 e. The van der Waals surface area contributed by atoms with E-state index in [0.717, 1.165) is 6.54 Å². The topological polar surface area (TPSA) is 43.9 Å². The molecular formula is C16H27N3O2. The molecule has 5 nitrogen and oxygen atoms in total. The highest BCUT2D eigenvalue weighted by atomic mass is 16.2. The molecule has 0 aromatic carbocycles. The molecule has 0 aromatic heterocycles. The van der Waals surface area contributed by atoms with Gasteiger partial charge in [-0.1, -0.05) is 12.2 Å². The summed E-state index contributed by atoms with van der Waals surface area (Å²) in [6.45, 7) is 10.4. The van der Waals surface area contributed by atoms with E-state index in [0.29, 0.717) is 39.0 Å². The van der Waals surface area contributed by atoms with Gasteiger partial charge >= 0.3 is 0 Å². The fraction of sp³-hybridized carbons (Fsp3) is 0.625. The smallest absolute Gasteiger partial charge is 0.228 e. The van der Waals surface area contributed by atoms with E-state index < -0.39 is 0 Å². The molecular weight excluding hydrogens is 266 g/mol. The first kappa shape index (κ1) is 17.4. The molecule has 0 radical (unpaired) electrons. The lowest BCUT2D eigenvalue weighted by Gasteiger charge is -2.35. The highest BCUT2D eigenvalue weighted by Gasteiger charge is 2.31. The van der Waals surface area contributed by atoms with Crippen LogP contribution >= 0.6 is 0 Å². The standard InChI is InChI=1S/C16H27N3O2/c1-5-9-18(10-6-2)16(21)14-7-8-15(20)19(13-14)12-11-17(3)4/h5-6,14H,1-2,7-13H2,3-4H3. The van der Waals surface area contributed by atoms with Gasteiger partial charge in [0.2, 0.25) is 11.8 Å². The summed E-state index contributed by atoms with van der Waals surface area (Å²) < 4.78 is 0. The number of hydrogen-bond donors (Lipinski definition) is 0. The van der Waals surface area contributed by atoms with Crippen molar-refractivity contribution in [3.63, 3.8) is 0 Å². The molecule has 21 heavy (non-hydrogen) atoms. The van der Waals surface area contributed by atoms with Gasteiger partial charge in [0.05, 0.1) is 5.92 Å². The van der Waals surface area contributed by atoms with E-state index in [9.17, 15) is 9.59 Å². The molecule has 0 N–H and O–H groups in total. The molecule has 0 saturated carbocycles. The molecule has 0 aliphatic carbocycles. The van der Waals surface area contributed by atoms with Crippen molar-refractivity contribution >= 4 is 11.8 Å². The molecule has 5 heteroatoms. The van der Waals surface area contributed by atoms with E-state index in [1.54, 1.807) is 17.1 Å². The van der Waals surface area contributed by atoms with Crippen LogP contribution in [0.15, 0.2) is 25.3 Å². The van der Waals surface area contributed by atoms with Crippen molar-refractivity contribution < 1.29 is 9.59 Å². The minimum atomic E-state index is -0.107. The molecule has 1 unspecified atom stereocenters. The van der Waals surface area contributed by atoms with E-state index in [2.05, 4.69) is 13.2 Å². The summed E-state index contributed by atoms with van der Waals surface area (Å²) >= 11 is 0. The molecule has 1 aliphatic heterocycles.